The normalized spacial score (nSPS) is 11.6. The molecular weight excluding hydrogens is 376 g/mol. The number of halogens is 1. The van der Waals surface area contributed by atoms with Gasteiger partial charge in [-0.05, 0) is 36.8 Å². The van der Waals surface area contributed by atoms with Gasteiger partial charge in [0.25, 0.3) is 0 Å². The van der Waals surface area contributed by atoms with Gasteiger partial charge >= 0.3 is 0 Å². The van der Waals surface area contributed by atoms with Crippen LogP contribution in [0, 0.1) is 6.92 Å². The van der Waals surface area contributed by atoms with Crippen molar-refractivity contribution in [2.75, 3.05) is 6.54 Å². The third-order valence-corrected chi connectivity index (χ3v) is 6.27. The van der Waals surface area contributed by atoms with Crippen LogP contribution < -0.4 is 4.72 Å². The third-order valence-electron chi connectivity index (χ3n) is 3.62. The van der Waals surface area contributed by atoms with E-state index in [9.17, 15) is 8.42 Å². The standard InChI is InChI=1S/C18H17ClN2O2S2/c1-13-3-2-4-17(11-13)25(22,23)20-10-9-16-12-24-18(21-16)14-5-7-15(19)8-6-14/h2-8,11-12,20H,9-10H2,1H3. The van der Waals surface area contributed by atoms with Gasteiger partial charge in [0.1, 0.15) is 5.01 Å². The Labute approximate surface area is 156 Å². The van der Waals surface area contributed by atoms with Gasteiger partial charge in [0.15, 0.2) is 0 Å². The minimum absolute atomic E-state index is 0.285. The first kappa shape index (κ1) is 18.1. The van der Waals surface area contributed by atoms with Crippen LogP contribution in [0.4, 0.5) is 0 Å². The van der Waals surface area contributed by atoms with E-state index < -0.39 is 10.0 Å². The van der Waals surface area contributed by atoms with Crippen LogP contribution in [0.15, 0.2) is 58.8 Å². The molecule has 25 heavy (non-hydrogen) atoms. The predicted octanol–water partition coefficient (Wildman–Crippen LogP) is 4.29. The van der Waals surface area contributed by atoms with E-state index in [-0.39, 0.29) is 4.90 Å². The zero-order chi connectivity index (χ0) is 17.9. The van der Waals surface area contributed by atoms with Gasteiger partial charge < -0.3 is 0 Å². The second-order valence-corrected chi connectivity index (χ2v) is 8.68. The number of nitrogens with zero attached hydrogens (tertiary/aromatic N) is 1. The molecule has 130 valence electrons. The molecule has 0 aliphatic carbocycles. The number of benzene rings is 2. The highest BCUT2D eigenvalue weighted by molar-refractivity contribution is 7.89. The number of thiazole rings is 1. The topological polar surface area (TPSA) is 59.1 Å². The highest BCUT2D eigenvalue weighted by Gasteiger charge is 2.13. The number of aryl methyl sites for hydroxylation is 1. The highest BCUT2D eigenvalue weighted by Crippen LogP contribution is 2.25. The van der Waals surface area contributed by atoms with Crippen molar-refractivity contribution < 1.29 is 8.42 Å². The molecule has 1 N–H and O–H groups in total. The largest absolute Gasteiger partial charge is 0.241 e. The molecule has 0 aliphatic rings. The van der Waals surface area contributed by atoms with Gasteiger partial charge in [-0.3, -0.25) is 0 Å². The van der Waals surface area contributed by atoms with Gasteiger partial charge in [0.2, 0.25) is 10.0 Å². The lowest BCUT2D eigenvalue weighted by Gasteiger charge is -2.06. The molecule has 0 saturated carbocycles. The second-order valence-electron chi connectivity index (χ2n) is 5.62. The number of rotatable bonds is 6. The summed E-state index contributed by atoms with van der Waals surface area (Å²) >= 11 is 7.43. The van der Waals surface area contributed by atoms with Crippen molar-refractivity contribution in [2.45, 2.75) is 18.2 Å². The molecule has 1 heterocycles. The molecule has 4 nitrogen and oxygen atoms in total. The second kappa shape index (κ2) is 7.66. The van der Waals surface area contributed by atoms with Crippen LogP contribution in [0.25, 0.3) is 10.6 Å². The van der Waals surface area contributed by atoms with E-state index in [4.69, 9.17) is 11.6 Å². The van der Waals surface area contributed by atoms with Crippen LogP contribution in [0.5, 0.6) is 0 Å². The Morgan fingerprint density at radius 1 is 1.16 bits per heavy atom. The van der Waals surface area contributed by atoms with Gasteiger partial charge in [0.05, 0.1) is 10.6 Å². The lowest BCUT2D eigenvalue weighted by Crippen LogP contribution is -2.26. The van der Waals surface area contributed by atoms with Crippen LogP contribution >= 0.6 is 22.9 Å². The van der Waals surface area contributed by atoms with Crippen LogP contribution in [0.2, 0.25) is 5.02 Å². The number of nitrogens with one attached hydrogen (secondary N) is 1. The molecule has 0 amide bonds. The lowest BCUT2D eigenvalue weighted by atomic mass is 10.2. The maximum atomic E-state index is 12.3. The molecule has 0 spiro atoms. The molecule has 0 radical (unpaired) electrons. The molecule has 0 fully saturated rings. The quantitative estimate of drug-likeness (QED) is 0.680. The number of sulfonamides is 1. The van der Waals surface area contributed by atoms with Crippen LogP contribution in [-0.4, -0.2) is 19.9 Å². The summed E-state index contributed by atoms with van der Waals surface area (Å²) in [5.41, 5.74) is 2.78. The van der Waals surface area contributed by atoms with E-state index in [2.05, 4.69) is 9.71 Å². The third kappa shape index (κ3) is 4.67. The maximum Gasteiger partial charge on any atom is 0.240 e. The Morgan fingerprint density at radius 2 is 1.92 bits per heavy atom. The summed E-state index contributed by atoms with van der Waals surface area (Å²) in [6, 6.07) is 14.4. The average molecular weight is 393 g/mol. The Hall–Kier alpha value is -1.73. The van der Waals surface area contributed by atoms with Gasteiger partial charge in [-0.25, -0.2) is 18.1 Å². The monoisotopic (exact) mass is 392 g/mol. The fraction of sp³-hybridized carbons (Fsp3) is 0.167. The summed E-state index contributed by atoms with van der Waals surface area (Å²) in [5.74, 6) is 0. The molecule has 0 unspecified atom stereocenters. The predicted molar refractivity (Wildman–Crippen MR) is 103 cm³/mol. The van der Waals surface area contributed by atoms with E-state index in [1.807, 2.05) is 42.6 Å². The van der Waals surface area contributed by atoms with E-state index in [1.54, 1.807) is 18.2 Å². The fourth-order valence-corrected chi connectivity index (χ4v) is 4.45. The summed E-state index contributed by atoms with van der Waals surface area (Å²) in [7, 11) is -3.49. The van der Waals surface area contributed by atoms with Crippen molar-refractivity contribution in [1.29, 1.82) is 0 Å². The molecule has 0 saturated heterocycles. The van der Waals surface area contributed by atoms with E-state index in [0.29, 0.717) is 18.0 Å². The first-order valence-electron chi connectivity index (χ1n) is 7.71. The molecule has 3 aromatic rings. The number of hydrogen-bond acceptors (Lipinski definition) is 4. The van der Waals surface area contributed by atoms with Gasteiger partial charge in [-0.1, -0.05) is 35.9 Å². The van der Waals surface area contributed by atoms with Crippen molar-refractivity contribution in [3.05, 3.63) is 70.2 Å². The van der Waals surface area contributed by atoms with Crippen LogP contribution in [-0.2, 0) is 16.4 Å². The molecule has 1 aromatic heterocycles. The van der Waals surface area contributed by atoms with E-state index >= 15 is 0 Å². The minimum Gasteiger partial charge on any atom is -0.241 e. The van der Waals surface area contributed by atoms with Crippen molar-refractivity contribution in [3.63, 3.8) is 0 Å². The first-order chi connectivity index (χ1) is 11.9. The number of aromatic nitrogens is 1. The summed E-state index contributed by atoms with van der Waals surface area (Å²) in [5, 5.41) is 3.53. The molecule has 3 rings (SSSR count). The zero-order valence-corrected chi connectivity index (χ0v) is 16.0. The molecule has 0 bridgehead atoms. The highest BCUT2D eigenvalue weighted by atomic mass is 35.5. The summed E-state index contributed by atoms with van der Waals surface area (Å²) in [4.78, 5) is 4.84. The summed E-state index contributed by atoms with van der Waals surface area (Å²) in [6.45, 7) is 2.17. The molecule has 7 heteroatoms. The Morgan fingerprint density at radius 3 is 2.64 bits per heavy atom. The van der Waals surface area contributed by atoms with Gasteiger partial charge in [0, 0.05) is 28.9 Å². The average Bonchev–Trinajstić information content (AvgIpc) is 3.04. The van der Waals surface area contributed by atoms with Crippen molar-refractivity contribution >= 4 is 33.0 Å². The van der Waals surface area contributed by atoms with E-state index in [1.165, 1.54) is 11.3 Å². The zero-order valence-electron chi connectivity index (χ0n) is 13.6. The molecular formula is C18H17ClN2O2S2. The molecule has 0 aliphatic heterocycles. The summed E-state index contributed by atoms with van der Waals surface area (Å²) < 4.78 is 27.2. The van der Waals surface area contributed by atoms with E-state index in [0.717, 1.165) is 21.8 Å². The minimum atomic E-state index is -3.49. The van der Waals surface area contributed by atoms with Crippen molar-refractivity contribution in [2.24, 2.45) is 0 Å². The maximum absolute atomic E-state index is 12.3. The number of hydrogen-bond donors (Lipinski definition) is 1. The Bertz CT molecular complexity index is 967. The molecule has 0 atom stereocenters. The molecule has 2 aromatic carbocycles. The van der Waals surface area contributed by atoms with Crippen LogP contribution in [0.1, 0.15) is 11.3 Å². The fourth-order valence-electron chi connectivity index (χ4n) is 2.33. The Balaban J connectivity index is 1.62. The van der Waals surface area contributed by atoms with Gasteiger partial charge in [-0.15, -0.1) is 11.3 Å². The lowest BCUT2D eigenvalue weighted by molar-refractivity contribution is 0.581. The van der Waals surface area contributed by atoms with Crippen LogP contribution in [0.3, 0.4) is 0 Å². The first-order valence-corrected chi connectivity index (χ1v) is 10.4. The smallest absolute Gasteiger partial charge is 0.240 e. The SMILES string of the molecule is Cc1cccc(S(=O)(=O)NCCc2csc(-c3ccc(Cl)cc3)n2)c1. The van der Waals surface area contributed by atoms with Gasteiger partial charge in [-0.2, -0.15) is 0 Å². The van der Waals surface area contributed by atoms with Crippen molar-refractivity contribution in [1.82, 2.24) is 9.71 Å². The Kier molecular flexibility index (Phi) is 5.54. The summed E-state index contributed by atoms with van der Waals surface area (Å²) in [6.07, 6.45) is 0.537. The van der Waals surface area contributed by atoms with Crippen molar-refractivity contribution in [3.8, 4) is 10.6 Å².